The van der Waals surface area contributed by atoms with Gasteiger partial charge in [-0.05, 0) is 53.4 Å². The predicted octanol–water partition coefficient (Wildman–Crippen LogP) is 4.57. The standard InChI is InChI=1S/C27H26FN3O2/c1-33-22-12-10-20(11-13-22)25-16-26(23-8-4-5-9-24(23)28)31(29-25)27(32)18-30-15-14-19-6-2-3-7-21(19)17-30/h2-13,26H,14-18H2,1H3. The van der Waals surface area contributed by atoms with Gasteiger partial charge in [-0.3, -0.25) is 9.69 Å². The number of ether oxygens (including phenoxy) is 1. The summed E-state index contributed by atoms with van der Waals surface area (Å²) in [4.78, 5) is 15.6. The Hall–Kier alpha value is -3.51. The fourth-order valence-corrected chi connectivity index (χ4v) is 4.64. The van der Waals surface area contributed by atoms with Gasteiger partial charge in [-0.15, -0.1) is 0 Å². The molecule has 0 saturated heterocycles. The lowest BCUT2D eigenvalue weighted by atomic mass is 9.97. The van der Waals surface area contributed by atoms with Crippen molar-refractivity contribution in [2.75, 3.05) is 20.2 Å². The summed E-state index contributed by atoms with van der Waals surface area (Å²) in [7, 11) is 1.62. The van der Waals surface area contributed by atoms with Crippen LogP contribution in [0.15, 0.2) is 77.9 Å². The molecule has 0 N–H and O–H groups in total. The maximum atomic E-state index is 14.7. The zero-order valence-electron chi connectivity index (χ0n) is 18.6. The maximum Gasteiger partial charge on any atom is 0.257 e. The number of rotatable bonds is 5. The number of carbonyl (C=O) groups is 1. The molecule has 33 heavy (non-hydrogen) atoms. The number of hydrogen-bond acceptors (Lipinski definition) is 4. The molecule has 1 atom stereocenters. The molecule has 3 aromatic rings. The molecule has 5 rings (SSSR count). The molecule has 0 bridgehead atoms. The van der Waals surface area contributed by atoms with E-state index in [1.54, 1.807) is 25.3 Å². The molecule has 2 heterocycles. The first-order valence-corrected chi connectivity index (χ1v) is 11.2. The number of halogens is 1. The lowest BCUT2D eigenvalue weighted by molar-refractivity contribution is -0.134. The predicted molar refractivity (Wildman–Crippen MR) is 126 cm³/mol. The number of carbonyl (C=O) groups excluding carboxylic acids is 1. The van der Waals surface area contributed by atoms with Crippen LogP contribution in [0.3, 0.4) is 0 Å². The van der Waals surface area contributed by atoms with Gasteiger partial charge in [-0.25, -0.2) is 9.40 Å². The lowest BCUT2D eigenvalue weighted by Gasteiger charge is -2.30. The van der Waals surface area contributed by atoms with E-state index in [-0.39, 0.29) is 18.3 Å². The van der Waals surface area contributed by atoms with Gasteiger partial charge >= 0.3 is 0 Å². The molecule has 168 valence electrons. The van der Waals surface area contributed by atoms with Gasteiger partial charge in [0.05, 0.1) is 25.4 Å². The zero-order chi connectivity index (χ0) is 22.8. The first-order chi connectivity index (χ1) is 16.1. The zero-order valence-corrected chi connectivity index (χ0v) is 18.6. The summed E-state index contributed by atoms with van der Waals surface area (Å²) in [6.45, 7) is 1.80. The molecule has 1 unspecified atom stereocenters. The Kier molecular flexibility index (Phi) is 5.92. The van der Waals surface area contributed by atoms with Gasteiger partial charge in [0.15, 0.2) is 0 Å². The summed E-state index contributed by atoms with van der Waals surface area (Å²) in [5.74, 6) is 0.311. The van der Waals surface area contributed by atoms with Crippen LogP contribution in [0.4, 0.5) is 4.39 Å². The van der Waals surface area contributed by atoms with Gasteiger partial charge in [0.2, 0.25) is 0 Å². The van der Waals surface area contributed by atoms with Crippen LogP contribution < -0.4 is 4.74 Å². The van der Waals surface area contributed by atoms with Gasteiger partial charge in [-0.1, -0.05) is 42.5 Å². The van der Waals surface area contributed by atoms with Crippen LogP contribution in [-0.4, -0.2) is 41.7 Å². The molecule has 3 aromatic carbocycles. The number of hydrazone groups is 1. The molecule has 1 amide bonds. The van der Waals surface area contributed by atoms with Crippen molar-refractivity contribution in [3.63, 3.8) is 0 Å². The van der Waals surface area contributed by atoms with E-state index < -0.39 is 6.04 Å². The summed E-state index contributed by atoms with van der Waals surface area (Å²) in [6, 6.07) is 22.1. The molecule has 0 aromatic heterocycles. The van der Waals surface area contributed by atoms with Crippen molar-refractivity contribution in [3.8, 4) is 5.75 Å². The van der Waals surface area contributed by atoms with E-state index in [0.29, 0.717) is 12.0 Å². The van der Waals surface area contributed by atoms with Crippen LogP contribution in [0.5, 0.6) is 5.75 Å². The Balaban J connectivity index is 1.40. The van der Waals surface area contributed by atoms with Gasteiger partial charge in [-0.2, -0.15) is 5.10 Å². The van der Waals surface area contributed by atoms with Crippen molar-refractivity contribution < 1.29 is 13.9 Å². The van der Waals surface area contributed by atoms with Crippen molar-refractivity contribution in [3.05, 3.63) is 101 Å². The largest absolute Gasteiger partial charge is 0.497 e. The number of hydrogen-bond donors (Lipinski definition) is 0. The highest BCUT2D eigenvalue weighted by atomic mass is 19.1. The number of amides is 1. The quantitative estimate of drug-likeness (QED) is 0.580. The van der Waals surface area contributed by atoms with E-state index in [9.17, 15) is 9.18 Å². The summed E-state index contributed by atoms with van der Waals surface area (Å²) < 4.78 is 20.0. The molecule has 0 fully saturated rings. The average Bonchev–Trinajstić information content (AvgIpc) is 3.30. The Morgan fingerprint density at radius 2 is 1.76 bits per heavy atom. The average molecular weight is 444 g/mol. The molecule has 0 spiro atoms. The van der Waals surface area contributed by atoms with Crippen molar-refractivity contribution in [1.82, 2.24) is 9.91 Å². The fraction of sp³-hybridized carbons (Fsp3) is 0.259. The summed E-state index contributed by atoms with van der Waals surface area (Å²) in [5.41, 5.74) is 4.75. The van der Waals surface area contributed by atoms with Crippen molar-refractivity contribution in [2.45, 2.75) is 25.4 Å². The molecule has 6 heteroatoms. The topological polar surface area (TPSA) is 45.1 Å². The van der Waals surface area contributed by atoms with Gasteiger partial charge in [0.1, 0.15) is 11.6 Å². The minimum absolute atomic E-state index is 0.119. The Labute approximate surface area is 193 Å². The molecular weight excluding hydrogens is 417 g/mol. The second-order valence-electron chi connectivity index (χ2n) is 8.48. The molecule has 0 aliphatic carbocycles. The summed E-state index contributed by atoms with van der Waals surface area (Å²) >= 11 is 0. The second-order valence-corrected chi connectivity index (χ2v) is 8.48. The van der Waals surface area contributed by atoms with Crippen LogP contribution in [-0.2, 0) is 17.8 Å². The third-order valence-electron chi connectivity index (χ3n) is 6.42. The minimum Gasteiger partial charge on any atom is -0.497 e. The lowest BCUT2D eigenvalue weighted by Crippen LogP contribution is -2.40. The Morgan fingerprint density at radius 1 is 1.03 bits per heavy atom. The van der Waals surface area contributed by atoms with Crippen LogP contribution in [0.1, 0.15) is 34.7 Å². The van der Waals surface area contributed by atoms with Crippen molar-refractivity contribution in [1.29, 1.82) is 0 Å². The summed E-state index contributed by atoms with van der Waals surface area (Å²) in [6.07, 6.45) is 1.38. The van der Waals surface area contributed by atoms with E-state index in [1.807, 2.05) is 30.3 Å². The first kappa shape index (κ1) is 21.3. The molecule has 5 nitrogen and oxygen atoms in total. The number of nitrogens with zero attached hydrogens (tertiary/aromatic N) is 3. The molecule has 2 aliphatic rings. The smallest absolute Gasteiger partial charge is 0.257 e. The van der Waals surface area contributed by atoms with E-state index in [1.165, 1.54) is 22.2 Å². The third kappa shape index (κ3) is 4.39. The Bertz CT molecular complexity index is 1190. The number of fused-ring (bicyclic) bond motifs is 1. The maximum absolute atomic E-state index is 14.7. The number of methoxy groups -OCH3 is 1. The van der Waals surface area contributed by atoms with E-state index in [2.05, 4.69) is 28.2 Å². The van der Waals surface area contributed by atoms with Gasteiger partial charge < -0.3 is 4.74 Å². The van der Waals surface area contributed by atoms with Gasteiger partial charge in [0.25, 0.3) is 5.91 Å². The van der Waals surface area contributed by atoms with Crippen LogP contribution >= 0.6 is 0 Å². The minimum atomic E-state index is -0.465. The van der Waals surface area contributed by atoms with Crippen LogP contribution in [0.2, 0.25) is 0 Å². The highest BCUT2D eigenvalue weighted by molar-refractivity contribution is 6.03. The van der Waals surface area contributed by atoms with Gasteiger partial charge in [0, 0.05) is 25.1 Å². The van der Waals surface area contributed by atoms with Crippen molar-refractivity contribution >= 4 is 11.6 Å². The Morgan fingerprint density at radius 3 is 2.52 bits per heavy atom. The highest BCUT2D eigenvalue weighted by Crippen LogP contribution is 2.34. The van der Waals surface area contributed by atoms with E-state index >= 15 is 0 Å². The molecule has 0 radical (unpaired) electrons. The fourth-order valence-electron chi connectivity index (χ4n) is 4.64. The second kappa shape index (κ2) is 9.16. The van der Waals surface area contributed by atoms with Crippen LogP contribution in [0.25, 0.3) is 0 Å². The summed E-state index contributed by atoms with van der Waals surface area (Å²) in [5, 5.41) is 6.17. The third-order valence-corrected chi connectivity index (χ3v) is 6.42. The van der Waals surface area contributed by atoms with E-state index in [4.69, 9.17) is 4.74 Å². The SMILES string of the molecule is COc1ccc(C2=NN(C(=O)CN3CCc4ccccc4C3)C(c3ccccc3F)C2)cc1. The molecular formula is C27H26FN3O2. The molecule has 0 saturated carbocycles. The number of benzene rings is 3. The van der Waals surface area contributed by atoms with E-state index in [0.717, 1.165) is 36.5 Å². The molecule has 2 aliphatic heterocycles. The normalized spacial score (nSPS) is 18.1. The van der Waals surface area contributed by atoms with Crippen molar-refractivity contribution in [2.24, 2.45) is 5.10 Å². The monoisotopic (exact) mass is 443 g/mol. The highest BCUT2D eigenvalue weighted by Gasteiger charge is 2.35. The van der Waals surface area contributed by atoms with Crippen LogP contribution in [0, 0.1) is 5.82 Å². The first-order valence-electron chi connectivity index (χ1n) is 11.2.